The van der Waals surface area contributed by atoms with E-state index in [1.807, 2.05) is 54.6 Å². The van der Waals surface area contributed by atoms with E-state index in [1.165, 1.54) is 4.90 Å². The van der Waals surface area contributed by atoms with Crippen molar-refractivity contribution in [3.63, 3.8) is 0 Å². The van der Waals surface area contributed by atoms with E-state index in [4.69, 9.17) is 0 Å². The molecule has 2 N–H and O–H groups in total. The minimum Gasteiger partial charge on any atom is -0.340 e. The summed E-state index contributed by atoms with van der Waals surface area (Å²) in [5.41, 5.74) is 2.15. The molecule has 1 atom stereocenters. The maximum absolute atomic E-state index is 12.2. The van der Waals surface area contributed by atoms with Gasteiger partial charge in [0.05, 0.1) is 14.1 Å². The van der Waals surface area contributed by atoms with Gasteiger partial charge in [0.15, 0.2) is 0 Å². The molecule has 0 aromatic heterocycles. The molecule has 0 unspecified atom stereocenters. The van der Waals surface area contributed by atoms with Gasteiger partial charge in [-0.25, -0.2) is 0 Å². The molecule has 0 fully saturated rings. The van der Waals surface area contributed by atoms with Crippen molar-refractivity contribution < 1.29 is 9.69 Å². The van der Waals surface area contributed by atoms with Crippen LogP contribution in [0.2, 0.25) is 0 Å². The number of hydrogen-bond donors (Lipinski definition) is 2. The molecule has 1 amide bonds. The fraction of sp³-hybridized carbons (Fsp3) is 0.211. The lowest BCUT2D eigenvalue weighted by atomic mass is 10.1. The van der Waals surface area contributed by atoms with Crippen molar-refractivity contribution in [3.05, 3.63) is 77.9 Å². The Balaban J connectivity index is 2.04. The number of hydrogen-bond acceptors (Lipinski definition) is 1. The summed E-state index contributed by atoms with van der Waals surface area (Å²) in [6, 6.07) is 19.9. The number of likely N-dealkylation sites (N-methyl/N-ethyl adjacent to an activating group) is 1. The van der Waals surface area contributed by atoms with Crippen molar-refractivity contribution in [2.75, 3.05) is 20.6 Å². The third kappa shape index (κ3) is 5.19. The van der Waals surface area contributed by atoms with Gasteiger partial charge in [0.25, 0.3) is 0 Å². The van der Waals surface area contributed by atoms with Crippen molar-refractivity contribution >= 4 is 12.0 Å². The second kappa shape index (κ2) is 8.15. The van der Waals surface area contributed by atoms with Gasteiger partial charge in [-0.2, -0.15) is 0 Å². The monoisotopic (exact) mass is 295 g/mol. The smallest absolute Gasteiger partial charge is 0.244 e. The molecular formula is C19H23N2O+. The predicted molar refractivity (Wildman–Crippen MR) is 90.5 cm³/mol. The highest BCUT2D eigenvalue weighted by molar-refractivity contribution is 5.92. The maximum Gasteiger partial charge on any atom is 0.244 e. The highest BCUT2D eigenvalue weighted by Crippen LogP contribution is 2.10. The number of quaternary nitrogens is 1. The van der Waals surface area contributed by atoms with Gasteiger partial charge in [-0.05, 0) is 17.2 Å². The standard InChI is InChI=1S/C19H22N2O/c1-21(2)15-18(17-11-7-4-8-12-17)20-19(22)14-13-16-9-5-3-6-10-16/h3-14,18H,15H2,1-2H3,(H,20,22)/p+1/b14-13+/t18-/m1/s1. The summed E-state index contributed by atoms with van der Waals surface area (Å²) in [5.74, 6) is -0.0704. The molecule has 3 heteroatoms. The zero-order valence-electron chi connectivity index (χ0n) is 13.1. The van der Waals surface area contributed by atoms with E-state index in [-0.39, 0.29) is 11.9 Å². The number of rotatable bonds is 6. The third-order valence-electron chi connectivity index (χ3n) is 3.36. The minimum absolute atomic E-state index is 0.0131. The first-order valence-corrected chi connectivity index (χ1v) is 7.53. The summed E-state index contributed by atoms with van der Waals surface area (Å²) >= 11 is 0. The molecule has 2 aromatic carbocycles. The minimum atomic E-state index is -0.0704. The van der Waals surface area contributed by atoms with Crippen LogP contribution in [-0.2, 0) is 4.79 Å². The summed E-state index contributed by atoms with van der Waals surface area (Å²) < 4.78 is 0. The number of carbonyl (C=O) groups excluding carboxylic acids is 1. The van der Waals surface area contributed by atoms with Crippen LogP contribution in [0, 0.1) is 0 Å². The molecule has 0 aliphatic carbocycles. The van der Waals surface area contributed by atoms with Crippen LogP contribution in [0.5, 0.6) is 0 Å². The highest BCUT2D eigenvalue weighted by Gasteiger charge is 2.16. The Labute approximate surface area is 132 Å². The van der Waals surface area contributed by atoms with Crippen LogP contribution in [0.3, 0.4) is 0 Å². The Bertz CT molecular complexity index is 606. The number of nitrogens with one attached hydrogen (secondary N) is 2. The first-order valence-electron chi connectivity index (χ1n) is 7.53. The van der Waals surface area contributed by atoms with Gasteiger partial charge in [-0.15, -0.1) is 0 Å². The number of carbonyl (C=O) groups is 1. The molecule has 0 saturated heterocycles. The third-order valence-corrected chi connectivity index (χ3v) is 3.36. The van der Waals surface area contributed by atoms with Crippen molar-refractivity contribution in [1.82, 2.24) is 5.32 Å². The highest BCUT2D eigenvalue weighted by atomic mass is 16.1. The number of amides is 1. The topological polar surface area (TPSA) is 33.5 Å². The van der Waals surface area contributed by atoms with E-state index in [0.717, 1.165) is 17.7 Å². The lowest BCUT2D eigenvalue weighted by Crippen LogP contribution is -3.06. The zero-order valence-corrected chi connectivity index (χ0v) is 13.1. The van der Waals surface area contributed by atoms with E-state index in [9.17, 15) is 4.79 Å². The molecule has 0 bridgehead atoms. The van der Waals surface area contributed by atoms with Gasteiger partial charge in [-0.1, -0.05) is 60.7 Å². The maximum atomic E-state index is 12.2. The van der Waals surface area contributed by atoms with Gasteiger partial charge < -0.3 is 10.2 Å². The molecule has 0 aliphatic heterocycles. The summed E-state index contributed by atoms with van der Waals surface area (Å²) in [6.07, 6.45) is 3.43. The molecule has 114 valence electrons. The quantitative estimate of drug-likeness (QED) is 0.782. The van der Waals surface area contributed by atoms with Crippen LogP contribution in [-0.4, -0.2) is 26.5 Å². The molecule has 3 nitrogen and oxygen atoms in total. The average Bonchev–Trinajstić information content (AvgIpc) is 2.54. The summed E-state index contributed by atoms with van der Waals surface area (Å²) in [6.45, 7) is 0.842. The van der Waals surface area contributed by atoms with Crippen LogP contribution in [0.4, 0.5) is 0 Å². The average molecular weight is 295 g/mol. The Morgan fingerprint density at radius 3 is 2.23 bits per heavy atom. The van der Waals surface area contributed by atoms with E-state index in [1.54, 1.807) is 6.08 Å². The molecule has 0 saturated carbocycles. The van der Waals surface area contributed by atoms with Crippen LogP contribution in [0.25, 0.3) is 6.08 Å². The van der Waals surface area contributed by atoms with Crippen LogP contribution < -0.4 is 10.2 Å². The zero-order chi connectivity index (χ0) is 15.8. The van der Waals surface area contributed by atoms with Crippen LogP contribution in [0.15, 0.2) is 66.7 Å². The van der Waals surface area contributed by atoms with Crippen LogP contribution >= 0.6 is 0 Å². The van der Waals surface area contributed by atoms with Crippen molar-refractivity contribution in [2.45, 2.75) is 6.04 Å². The van der Waals surface area contributed by atoms with Gasteiger partial charge in [-0.3, -0.25) is 4.79 Å². The molecule has 0 spiro atoms. The molecule has 22 heavy (non-hydrogen) atoms. The molecule has 0 aliphatic rings. The van der Waals surface area contributed by atoms with E-state index >= 15 is 0 Å². The normalized spacial score (nSPS) is 12.5. The fourth-order valence-electron chi connectivity index (χ4n) is 2.30. The van der Waals surface area contributed by atoms with E-state index in [0.29, 0.717) is 0 Å². The Hall–Kier alpha value is -2.39. The molecular weight excluding hydrogens is 272 g/mol. The lowest BCUT2D eigenvalue weighted by molar-refractivity contribution is -0.860. The largest absolute Gasteiger partial charge is 0.340 e. The first kappa shape index (κ1) is 16.0. The summed E-state index contributed by atoms with van der Waals surface area (Å²) in [7, 11) is 4.17. The van der Waals surface area contributed by atoms with Crippen molar-refractivity contribution in [3.8, 4) is 0 Å². The Kier molecular flexibility index (Phi) is 5.92. The fourth-order valence-corrected chi connectivity index (χ4v) is 2.30. The van der Waals surface area contributed by atoms with Crippen molar-refractivity contribution in [2.24, 2.45) is 0 Å². The van der Waals surface area contributed by atoms with E-state index < -0.39 is 0 Å². The van der Waals surface area contributed by atoms with Crippen LogP contribution in [0.1, 0.15) is 17.2 Å². The number of benzene rings is 2. The van der Waals surface area contributed by atoms with Gasteiger partial charge >= 0.3 is 0 Å². The second-order valence-corrected chi connectivity index (χ2v) is 5.63. The van der Waals surface area contributed by atoms with E-state index in [2.05, 4.69) is 31.5 Å². The second-order valence-electron chi connectivity index (χ2n) is 5.63. The molecule has 2 aromatic rings. The SMILES string of the molecule is C[NH+](C)C[C@@H](NC(=O)/C=C/c1ccccc1)c1ccccc1. The lowest BCUT2D eigenvalue weighted by Gasteiger charge is -2.20. The Morgan fingerprint density at radius 1 is 1.05 bits per heavy atom. The Morgan fingerprint density at radius 2 is 1.64 bits per heavy atom. The molecule has 2 rings (SSSR count). The first-order chi connectivity index (χ1) is 10.6. The van der Waals surface area contributed by atoms with Gasteiger partial charge in [0.1, 0.15) is 12.6 Å². The van der Waals surface area contributed by atoms with Crippen molar-refractivity contribution in [1.29, 1.82) is 0 Å². The molecule has 0 radical (unpaired) electrons. The molecule has 0 heterocycles. The predicted octanol–water partition coefficient (Wildman–Crippen LogP) is 1.70. The van der Waals surface area contributed by atoms with Gasteiger partial charge in [0, 0.05) is 6.08 Å². The summed E-state index contributed by atoms with van der Waals surface area (Å²) in [4.78, 5) is 13.5. The summed E-state index contributed by atoms with van der Waals surface area (Å²) in [5, 5.41) is 3.09. The van der Waals surface area contributed by atoms with Gasteiger partial charge in [0.2, 0.25) is 5.91 Å².